The molecule has 1 atom stereocenters. The van der Waals surface area contributed by atoms with Crippen molar-refractivity contribution >= 4 is 5.91 Å². The van der Waals surface area contributed by atoms with E-state index < -0.39 is 0 Å². The van der Waals surface area contributed by atoms with Gasteiger partial charge in [-0.05, 0) is 30.4 Å². The number of hydrogen-bond donors (Lipinski definition) is 0. The molecule has 26 heavy (non-hydrogen) atoms. The molecule has 2 saturated heterocycles. The van der Waals surface area contributed by atoms with Crippen molar-refractivity contribution < 1.29 is 18.4 Å². The molecule has 0 radical (unpaired) electrons. The van der Waals surface area contributed by atoms with Crippen LogP contribution < -0.4 is 0 Å². The molecule has 0 N–H and O–H groups in total. The monoisotopic (exact) mass is 359 g/mol. The number of aromatic nitrogens is 1. The summed E-state index contributed by atoms with van der Waals surface area (Å²) >= 11 is 0. The van der Waals surface area contributed by atoms with Gasteiger partial charge in [-0.3, -0.25) is 9.69 Å². The Hall–Kier alpha value is -2.12. The molecular weight excluding hydrogens is 334 g/mol. The number of methoxy groups -OCH3 is 1. The van der Waals surface area contributed by atoms with Crippen LogP contribution in [-0.4, -0.2) is 60.6 Å². The molecule has 7 nitrogen and oxygen atoms in total. The van der Waals surface area contributed by atoms with Crippen molar-refractivity contribution in [2.45, 2.75) is 19.4 Å². The first-order chi connectivity index (χ1) is 12.7. The topological polar surface area (TPSA) is 72.0 Å². The van der Waals surface area contributed by atoms with Gasteiger partial charge in [0, 0.05) is 39.2 Å². The number of likely N-dealkylation sites (tertiary alicyclic amines) is 2. The third kappa shape index (κ3) is 3.29. The number of furan rings is 1. The highest BCUT2D eigenvalue weighted by Gasteiger charge is 2.48. The average Bonchev–Trinajstić information content (AvgIpc) is 3.39. The van der Waals surface area contributed by atoms with Crippen molar-refractivity contribution in [3.05, 3.63) is 42.5 Å². The molecule has 0 bridgehead atoms. The van der Waals surface area contributed by atoms with Crippen LogP contribution >= 0.6 is 0 Å². The van der Waals surface area contributed by atoms with Gasteiger partial charge in [0.1, 0.15) is 12.0 Å². The predicted molar refractivity (Wildman–Crippen MR) is 93.4 cm³/mol. The fraction of sp³-hybridized carbons (Fsp3) is 0.579. The van der Waals surface area contributed by atoms with Gasteiger partial charge in [0.25, 0.3) is 5.91 Å². The Bertz CT molecular complexity index is 705. The van der Waals surface area contributed by atoms with Gasteiger partial charge in [0.2, 0.25) is 0 Å². The normalized spacial score (nSPS) is 23.0. The third-order valence-corrected chi connectivity index (χ3v) is 5.91. The lowest BCUT2D eigenvalue weighted by atomic mass is 9.71. The maximum atomic E-state index is 12.5. The molecule has 1 amide bonds. The van der Waals surface area contributed by atoms with Crippen LogP contribution in [0.5, 0.6) is 0 Å². The van der Waals surface area contributed by atoms with Crippen molar-refractivity contribution in [1.29, 1.82) is 0 Å². The molecule has 7 heteroatoms. The summed E-state index contributed by atoms with van der Waals surface area (Å²) in [7, 11) is 1.77. The Labute approximate surface area is 152 Å². The molecule has 0 saturated carbocycles. The highest BCUT2D eigenvalue weighted by atomic mass is 16.5. The number of nitrogens with zero attached hydrogens (tertiary/aromatic N) is 3. The van der Waals surface area contributed by atoms with Crippen molar-refractivity contribution in [3.8, 4) is 0 Å². The summed E-state index contributed by atoms with van der Waals surface area (Å²) in [4.78, 5) is 20.8. The first kappa shape index (κ1) is 17.3. The maximum absolute atomic E-state index is 12.5. The van der Waals surface area contributed by atoms with Crippen LogP contribution in [-0.2, 0) is 11.3 Å². The molecule has 2 aromatic heterocycles. The van der Waals surface area contributed by atoms with Crippen LogP contribution in [0.15, 0.2) is 39.9 Å². The minimum Gasteiger partial charge on any atom is -0.468 e. The summed E-state index contributed by atoms with van der Waals surface area (Å²) in [5.41, 5.74) is 0.587. The van der Waals surface area contributed by atoms with E-state index in [1.54, 1.807) is 13.4 Å². The number of rotatable bonds is 5. The number of carbonyl (C=O) groups is 1. The first-order valence-corrected chi connectivity index (χ1v) is 9.11. The van der Waals surface area contributed by atoms with Crippen LogP contribution in [0.3, 0.4) is 0 Å². The molecule has 0 aliphatic carbocycles. The van der Waals surface area contributed by atoms with Crippen LogP contribution in [0, 0.1) is 11.3 Å². The van der Waals surface area contributed by atoms with E-state index in [0.717, 1.165) is 57.9 Å². The molecule has 4 heterocycles. The lowest BCUT2D eigenvalue weighted by Crippen LogP contribution is -2.47. The summed E-state index contributed by atoms with van der Waals surface area (Å²) < 4.78 is 16.0. The van der Waals surface area contributed by atoms with E-state index in [0.29, 0.717) is 11.6 Å². The zero-order chi connectivity index (χ0) is 18.0. The lowest BCUT2D eigenvalue weighted by molar-refractivity contribution is 0.0319. The molecule has 4 rings (SSSR count). The Morgan fingerprint density at radius 2 is 2.27 bits per heavy atom. The largest absolute Gasteiger partial charge is 0.468 e. The second-order valence-electron chi connectivity index (χ2n) is 7.43. The minimum atomic E-state index is -0.0395. The lowest BCUT2D eigenvalue weighted by Gasteiger charge is -2.42. The maximum Gasteiger partial charge on any atom is 0.275 e. The van der Waals surface area contributed by atoms with Gasteiger partial charge in [-0.25, -0.2) is 4.98 Å². The van der Waals surface area contributed by atoms with E-state index >= 15 is 0 Å². The molecule has 0 aromatic carbocycles. The van der Waals surface area contributed by atoms with Crippen molar-refractivity contribution in [3.63, 3.8) is 0 Å². The highest BCUT2D eigenvalue weighted by molar-refractivity contribution is 5.91. The summed E-state index contributed by atoms with van der Waals surface area (Å²) in [5.74, 6) is 1.44. The highest BCUT2D eigenvalue weighted by Crippen LogP contribution is 2.45. The molecule has 1 unspecified atom stereocenters. The summed E-state index contributed by atoms with van der Waals surface area (Å²) in [6.07, 6.45) is 6.41. The van der Waals surface area contributed by atoms with Gasteiger partial charge in [0.05, 0.1) is 19.4 Å². The fourth-order valence-electron chi connectivity index (χ4n) is 4.52. The zero-order valence-corrected chi connectivity index (χ0v) is 15.1. The fourth-order valence-corrected chi connectivity index (χ4v) is 4.52. The first-order valence-electron chi connectivity index (χ1n) is 9.11. The Morgan fingerprint density at radius 3 is 2.92 bits per heavy atom. The molecule has 2 aliphatic rings. The standard InChI is InChI=1S/C19H25N3O4/c1-24-11-15-9-21(10-16-3-2-8-26-16)13-19(15)4-6-22(7-5-19)18(23)17-12-25-14-20-17/h2-3,8,12,14-15H,4-7,9-11,13H2,1H3. The molecule has 2 fully saturated rings. The number of carbonyl (C=O) groups excluding carboxylic acids is 1. The van der Waals surface area contributed by atoms with Crippen LogP contribution in [0.4, 0.5) is 0 Å². The average molecular weight is 359 g/mol. The van der Waals surface area contributed by atoms with Crippen molar-refractivity contribution in [2.24, 2.45) is 11.3 Å². The van der Waals surface area contributed by atoms with E-state index in [9.17, 15) is 4.79 Å². The van der Waals surface area contributed by atoms with E-state index in [1.165, 1.54) is 12.7 Å². The Balaban J connectivity index is 1.42. The predicted octanol–water partition coefficient (Wildman–Crippen LogP) is 2.27. The Kier molecular flexibility index (Phi) is 4.82. The summed E-state index contributed by atoms with van der Waals surface area (Å²) in [6, 6.07) is 3.96. The van der Waals surface area contributed by atoms with E-state index in [-0.39, 0.29) is 11.3 Å². The van der Waals surface area contributed by atoms with Gasteiger partial charge >= 0.3 is 0 Å². The quantitative estimate of drug-likeness (QED) is 0.815. The number of piperidine rings is 1. The van der Waals surface area contributed by atoms with Gasteiger partial charge < -0.3 is 18.5 Å². The minimum absolute atomic E-state index is 0.0395. The third-order valence-electron chi connectivity index (χ3n) is 5.91. The molecule has 1 spiro atoms. The number of hydrogen-bond acceptors (Lipinski definition) is 6. The summed E-state index contributed by atoms with van der Waals surface area (Å²) in [6.45, 7) is 5.11. The second-order valence-corrected chi connectivity index (χ2v) is 7.43. The number of oxazole rings is 1. The Morgan fingerprint density at radius 1 is 1.42 bits per heavy atom. The van der Waals surface area contributed by atoms with Gasteiger partial charge in [-0.1, -0.05) is 0 Å². The van der Waals surface area contributed by atoms with E-state index in [2.05, 4.69) is 9.88 Å². The smallest absolute Gasteiger partial charge is 0.275 e. The van der Waals surface area contributed by atoms with Gasteiger partial charge in [0.15, 0.2) is 12.1 Å². The zero-order valence-electron chi connectivity index (χ0n) is 15.1. The second kappa shape index (κ2) is 7.25. The summed E-state index contributed by atoms with van der Waals surface area (Å²) in [5, 5.41) is 0. The number of amides is 1. The molecule has 140 valence electrons. The van der Waals surface area contributed by atoms with Gasteiger partial charge in [-0.2, -0.15) is 0 Å². The van der Waals surface area contributed by atoms with Gasteiger partial charge in [-0.15, -0.1) is 0 Å². The van der Waals surface area contributed by atoms with Crippen molar-refractivity contribution in [1.82, 2.24) is 14.8 Å². The van der Waals surface area contributed by atoms with E-state index in [4.69, 9.17) is 13.6 Å². The van der Waals surface area contributed by atoms with Crippen LogP contribution in [0.2, 0.25) is 0 Å². The van der Waals surface area contributed by atoms with E-state index in [1.807, 2.05) is 17.0 Å². The number of ether oxygens (including phenoxy) is 1. The molecule has 2 aliphatic heterocycles. The van der Waals surface area contributed by atoms with Crippen LogP contribution in [0.1, 0.15) is 29.1 Å². The molecular formula is C19H25N3O4. The van der Waals surface area contributed by atoms with Crippen molar-refractivity contribution in [2.75, 3.05) is 39.9 Å². The van der Waals surface area contributed by atoms with Crippen LogP contribution in [0.25, 0.3) is 0 Å². The molecule has 2 aromatic rings. The SMILES string of the molecule is COCC1CN(Cc2ccco2)CC12CCN(C(=O)c1cocn1)CC2.